The lowest BCUT2D eigenvalue weighted by Gasteiger charge is -2.19. The van der Waals surface area contributed by atoms with Crippen LogP contribution in [0.1, 0.15) is 66.7 Å². The Hall–Kier alpha value is -6.87. The van der Waals surface area contributed by atoms with Crippen LogP contribution in [0, 0.1) is 3.95 Å². The fraction of sp³-hybridized carbons (Fsp3) is 0.182. The van der Waals surface area contributed by atoms with Gasteiger partial charge in [-0.25, -0.2) is 24.5 Å². The average Bonchev–Trinajstić information content (AvgIpc) is 3.90. The Balaban J connectivity index is 0.000000150. The maximum atomic E-state index is 13.5. The molecule has 2 aromatic carbocycles. The third-order valence-electron chi connectivity index (χ3n) is 10.6. The van der Waals surface area contributed by atoms with Gasteiger partial charge in [0.05, 0.1) is 69.8 Å². The quantitative estimate of drug-likeness (QED) is 0.203. The van der Waals surface area contributed by atoms with Crippen molar-refractivity contribution in [3.05, 3.63) is 151 Å². The fourth-order valence-corrected chi connectivity index (χ4v) is 10.7. The van der Waals surface area contributed by atoms with Crippen LogP contribution in [0.5, 0.6) is 0 Å². The van der Waals surface area contributed by atoms with Gasteiger partial charge in [0.15, 0.2) is 25.6 Å². The zero-order valence-electron chi connectivity index (χ0n) is 34.8. The molecule has 20 heteroatoms. The smallest absolute Gasteiger partial charge is 0.332 e. The number of thioether (sulfide) groups is 1. The molecule has 0 atom stereocenters. The van der Waals surface area contributed by atoms with E-state index >= 15 is 0 Å². The first kappa shape index (κ1) is 43.8. The second-order valence-electron chi connectivity index (χ2n) is 14.5. The maximum absolute atomic E-state index is 13.5. The third kappa shape index (κ3) is 7.36. The van der Waals surface area contributed by atoms with Gasteiger partial charge in [0, 0.05) is 34.3 Å². The lowest BCUT2D eigenvalue weighted by atomic mass is 9.90. The number of ketones is 4. The molecule has 0 radical (unpaired) electrons. The molecule has 0 fully saturated rings. The minimum absolute atomic E-state index is 0.0134. The number of aromatic nitrogens is 8. The van der Waals surface area contributed by atoms with E-state index in [-0.39, 0.29) is 60.8 Å². The van der Waals surface area contributed by atoms with Gasteiger partial charge in [0.1, 0.15) is 11.3 Å². The summed E-state index contributed by atoms with van der Waals surface area (Å²) in [6, 6.07) is 15.7. The summed E-state index contributed by atoms with van der Waals surface area (Å²) < 4.78 is 7.97. The number of hydrogen-bond acceptors (Lipinski definition) is 15. The molecule has 2 aliphatic rings. The molecular weight excluding hydrogens is 897 g/mol. The number of H-pyrrole nitrogens is 1. The number of benzene rings is 2. The van der Waals surface area contributed by atoms with E-state index in [9.17, 15) is 38.4 Å². The zero-order valence-corrected chi connectivity index (χ0v) is 38.1. The lowest BCUT2D eigenvalue weighted by Crippen LogP contribution is -2.39. The van der Waals surface area contributed by atoms with Gasteiger partial charge >= 0.3 is 11.4 Å². The minimum atomic E-state index is -0.647. The van der Waals surface area contributed by atoms with Crippen molar-refractivity contribution in [2.45, 2.75) is 31.0 Å². The summed E-state index contributed by atoms with van der Waals surface area (Å²) in [7, 11) is 5.63. The molecule has 0 saturated carbocycles. The number of thiazole rings is 2. The normalized spacial score (nSPS) is 13.2. The minimum Gasteiger partial charge on any atom is -0.337 e. The van der Waals surface area contributed by atoms with Crippen LogP contribution in [0.2, 0.25) is 0 Å². The Bertz CT molecular complexity index is 3700. The van der Waals surface area contributed by atoms with Crippen molar-refractivity contribution in [2.24, 2.45) is 28.2 Å². The molecule has 0 spiro atoms. The largest absolute Gasteiger partial charge is 0.337 e. The van der Waals surface area contributed by atoms with Crippen LogP contribution in [0.4, 0.5) is 0 Å². The molecule has 1 N–H and O–H groups in total. The third-order valence-corrected chi connectivity index (χ3v) is 14.0. The molecule has 0 amide bonds. The van der Waals surface area contributed by atoms with Gasteiger partial charge in [-0.05, 0) is 61.5 Å². The van der Waals surface area contributed by atoms with Crippen molar-refractivity contribution < 1.29 is 19.2 Å². The summed E-state index contributed by atoms with van der Waals surface area (Å²) in [5.41, 5.74) is 0.985. The standard InChI is InChI=1S/C22H16N4O4S2.C15H13N3O4.C7H5NS2/c1-4-10-15-16(17-19(23-10)25(2)22(30)26(3)20(17)29)12(27)9-14(18(15)28)32-21-24-11-7-5-6-8-13(11)31-21;1-4-7-10-8(19)5-6-9(20)11(10)12-13(16-7)17(2)15(22)18(3)14(12)21;9-7-8-5-3-1-2-4-6(5)10-7/h5-9H,4H2,1-3H3;5-6H,4H2,1-3H3;1-4H,(H,8,9). The highest BCUT2D eigenvalue weighted by molar-refractivity contribution is 8.05. The molecule has 0 unspecified atom stereocenters. The van der Waals surface area contributed by atoms with Crippen molar-refractivity contribution >= 4 is 112 Å². The number of nitrogens with zero attached hydrogens (tertiary/aromatic N) is 7. The summed E-state index contributed by atoms with van der Waals surface area (Å²) in [5.74, 6) is -1.60. The molecule has 64 heavy (non-hydrogen) atoms. The SMILES string of the molecule is CCc1nc2c(c3c1C(=O)C(Sc1nc4ccccc4s1)=CC3=O)c(=O)n(C)c(=O)n2C.CCc1nc2c(c3c1C(=O)C=CC3=O)c(=O)n(C)c(=O)n2C.S=c1[nH]c2ccccc2s1. The van der Waals surface area contributed by atoms with Crippen molar-refractivity contribution in [2.75, 3.05) is 0 Å². The summed E-state index contributed by atoms with van der Waals surface area (Å²) in [6.07, 6.45) is 4.36. The van der Waals surface area contributed by atoms with Crippen molar-refractivity contribution in [1.82, 2.24) is 38.2 Å². The fourth-order valence-electron chi connectivity index (χ4n) is 7.44. The lowest BCUT2D eigenvalue weighted by molar-refractivity contribution is 0.0991. The number of carbonyl (C=O) groups excluding carboxylic acids is 4. The Morgan fingerprint density at radius 3 is 1.69 bits per heavy atom. The average molecular weight is 931 g/mol. The molecule has 0 saturated heterocycles. The summed E-state index contributed by atoms with van der Waals surface area (Å²) in [5, 5.41) is -0.0000583. The highest BCUT2D eigenvalue weighted by atomic mass is 32.2. The van der Waals surface area contributed by atoms with E-state index < -0.39 is 34.1 Å². The predicted molar refractivity (Wildman–Crippen MR) is 250 cm³/mol. The van der Waals surface area contributed by atoms with Crippen molar-refractivity contribution in [1.29, 1.82) is 0 Å². The van der Waals surface area contributed by atoms with E-state index in [0.717, 1.165) is 46.7 Å². The van der Waals surface area contributed by atoms with E-state index in [0.29, 0.717) is 28.6 Å². The topological polar surface area (TPSA) is 211 Å². The molecule has 0 aliphatic heterocycles. The molecule has 16 nitrogen and oxygen atoms in total. The molecule has 6 aromatic heterocycles. The molecule has 2 aliphatic carbocycles. The van der Waals surface area contributed by atoms with Crippen LogP contribution >= 0.6 is 46.7 Å². The summed E-state index contributed by atoms with van der Waals surface area (Å²) in [4.78, 5) is 117. The Labute approximate surface area is 377 Å². The monoisotopic (exact) mass is 930 g/mol. The maximum Gasteiger partial charge on any atom is 0.332 e. The van der Waals surface area contributed by atoms with E-state index in [1.54, 1.807) is 18.3 Å². The van der Waals surface area contributed by atoms with E-state index in [1.807, 2.05) is 49.4 Å². The van der Waals surface area contributed by atoms with E-state index in [2.05, 4.69) is 26.0 Å². The second-order valence-corrected chi connectivity index (χ2v) is 18.5. The highest BCUT2D eigenvalue weighted by Gasteiger charge is 2.34. The van der Waals surface area contributed by atoms with Gasteiger partial charge in [-0.3, -0.25) is 47.0 Å². The van der Waals surface area contributed by atoms with Crippen LogP contribution in [0.15, 0.2) is 95.2 Å². The number of allylic oxidation sites excluding steroid dienone is 4. The highest BCUT2D eigenvalue weighted by Crippen LogP contribution is 2.39. The summed E-state index contributed by atoms with van der Waals surface area (Å²) >= 11 is 9.16. The Morgan fingerprint density at radius 2 is 1.12 bits per heavy atom. The number of aryl methyl sites for hydroxylation is 4. The zero-order chi connectivity index (χ0) is 45.9. The number of hydrogen-bond donors (Lipinski definition) is 1. The van der Waals surface area contributed by atoms with Crippen LogP contribution in [-0.2, 0) is 41.0 Å². The molecule has 6 heterocycles. The van der Waals surface area contributed by atoms with Crippen molar-refractivity contribution in [3.8, 4) is 0 Å². The first-order chi connectivity index (χ1) is 30.6. The number of Topliss-reactive ketones (excluding diaryl/α,β-unsaturated/α-hetero) is 1. The van der Waals surface area contributed by atoms with Gasteiger partial charge < -0.3 is 4.98 Å². The molecule has 322 valence electrons. The predicted octanol–water partition coefficient (Wildman–Crippen LogP) is 5.95. The van der Waals surface area contributed by atoms with Gasteiger partial charge in [-0.15, -0.1) is 22.7 Å². The number of fused-ring (bicyclic) bond motifs is 8. The Morgan fingerprint density at radius 1 is 0.609 bits per heavy atom. The van der Waals surface area contributed by atoms with Gasteiger partial charge in [-0.1, -0.05) is 49.9 Å². The summed E-state index contributed by atoms with van der Waals surface area (Å²) in [6.45, 7) is 3.60. The number of nitrogens with one attached hydrogen (secondary N) is 1. The van der Waals surface area contributed by atoms with E-state index in [1.165, 1.54) is 65.5 Å². The number of pyridine rings is 2. The number of aromatic amines is 1. The van der Waals surface area contributed by atoms with Gasteiger partial charge in [0.2, 0.25) is 5.78 Å². The first-order valence-electron chi connectivity index (χ1n) is 19.5. The van der Waals surface area contributed by atoms with Crippen molar-refractivity contribution in [3.63, 3.8) is 0 Å². The number of para-hydroxylation sites is 2. The van der Waals surface area contributed by atoms with Gasteiger partial charge in [-0.2, -0.15) is 0 Å². The van der Waals surface area contributed by atoms with Crippen LogP contribution in [0.3, 0.4) is 0 Å². The van der Waals surface area contributed by atoms with E-state index in [4.69, 9.17) is 12.2 Å². The van der Waals surface area contributed by atoms with Crippen LogP contribution in [-0.4, -0.2) is 61.3 Å². The molecule has 8 aromatic rings. The number of rotatable bonds is 4. The molecular formula is C44H34N8O8S4. The molecule has 0 bridgehead atoms. The number of carbonyl (C=O) groups is 4. The second kappa shape index (κ2) is 17.0. The first-order valence-corrected chi connectivity index (χ1v) is 22.4. The Kier molecular flexibility index (Phi) is 11.6. The van der Waals surface area contributed by atoms with Crippen LogP contribution < -0.4 is 22.5 Å². The molecule has 10 rings (SSSR count). The van der Waals surface area contributed by atoms with Crippen LogP contribution in [0.25, 0.3) is 42.5 Å². The van der Waals surface area contributed by atoms with Gasteiger partial charge in [0.25, 0.3) is 11.1 Å².